The smallest absolute Gasteiger partial charge is 0.255 e. The maximum atomic E-state index is 11.8. The summed E-state index contributed by atoms with van der Waals surface area (Å²) in [5.74, 6) is -0.141. The predicted octanol–water partition coefficient (Wildman–Crippen LogP) is 2.68. The van der Waals surface area contributed by atoms with Crippen molar-refractivity contribution < 1.29 is 14.3 Å². The Labute approximate surface area is 157 Å². The molecular formula is C19H20ClN3O3. The highest BCUT2D eigenvalue weighted by Crippen LogP contribution is 2.12. The molecule has 2 aromatic carbocycles. The molecule has 6 nitrogen and oxygen atoms in total. The number of primary amides is 1. The minimum absolute atomic E-state index is 0.142. The number of hydrazone groups is 1. The quantitative estimate of drug-likeness (QED) is 0.522. The van der Waals surface area contributed by atoms with Gasteiger partial charge in [0.1, 0.15) is 5.75 Å². The molecule has 26 heavy (non-hydrogen) atoms. The van der Waals surface area contributed by atoms with E-state index in [1.165, 1.54) is 6.21 Å². The third-order valence-electron chi connectivity index (χ3n) is 3.45. The van der Waals surface area contributed by atoms with Crippen LogP contribution in [0, 0.1) is 0 Å². The van der Waals surface area contributed by atoms with Crippen molar-refractivity contribution in [1.29, 1.82) is 0 Å². The molecule has 0 bridgehead atoms. The Morgan fingerprint density at radius 3 is 2.46 bits per heavy atom. The average Bonchev–Trinajstić information content (AvgIpc) is 2.63. The first kappa shape index (κ1) is 19.5. The topological polar surface area (TPSA) is 93.8 Å². The zero-order chi connectivity index (χ0) is 18.8. The maximum absolute atomic E-state index is 11.8. The number of carbonyl (C=O) groups is 2. The first-order chi connectivity index (χ1) is 12.5. The van der Waals surface area contributed by atoms with Gasteiger partial charge in [-0.15, -0.1) is 0 Å². The van der Waals surface area contributed by atoms with Crippen LogP contribution >= 0.6 is 11.6 Å². The van der Waals surface area contributed by atoms with Crippen LogP contribution in [0.4, 0.5) is 0 Å². The number of rotatable bonds is 9. The van der Waals surface area contributed by atoms with Gasteiger partial charge in [-0.1, -0.05) is 23.7 Å². The highest BCUT2D eigenvalue weighted by Gasteiger charge is 2.01. The summed E-state index contributed by atoms with van der Waals surface area (Å²) in [5, 5.41) is 4.63. The number of amides is 2. The van der Waals surface area contributed by atoms with Gasteiger partial charge in [-0.3, -0.25) is 9.59 Å². The van der Waals surface area contributed by atoms with Gasteiger partial charge in [-0.25, -0.2) is 5.43 Å². The molecule has 0 radical (unpaired) electrons. The number of nitrogens with zero attached hydrogens (tertiary/aromatic N) is 1. The molecule has 0 saturated carbocycles. The van der Waals surface area contributed by atoms with Gasteiger partial charge in [0.15, 0.2) is 6.61 Å². The normalized spacial score (nSPS) is 10.7. The standard InChI is InChI=1S/C19H20ClN3O3/c20-16-8-4-14(5-9-16)2-1-3-19(25)23-22-12-15-6-10-17(11-7-15)26-13-18(21)24/h4-12H,1-3,13H2,(H2,21,24)(H,23,25). The fraction of sp³-hybridized carbons (Fsp3) is 0.211. The number of ether oxygens (including phenoxy) is 1. The second-order valence-electron chi connectivity index (χ2n) is 5.60. The van der Waals surface area contributed by atoms with Crippen LogP contribution in [0.1, 0.15) is 24.0 Å². The van der Waals surface area contributed by atoms with Crippen LogP contribution in [0.2, 0.25) is 5.02 Å². The lowest BCUT2D eigenvalue weighted by Gasteiger charge is -2.03. The highest BCUT2D eigenvalue weighted by atomic mass is 35.5. The third-order valence-corrected chi connectivity index (χ3v) is 3.70. The molecule has 0 heterocycles. The Morgan fingerprint density at radius 2 is 1.81 bits per heavy atom. The minimum Gasteiger partial charge on any atom is -0.484 e. The minimum atomic E-state index is -0.533. The van der Waals surface area contributed by atoms with Crippen molar-refractivity contribution in [2.45, 2.75) is 19.3 Å². The Bertz CT molecular complexity index is 759. The summed E-state index contributed by atoms with van der Waals surface area (Å²) >= 11 is 5.84. The summed E-state index contributed by atoms with van der Waals surface area (Å²) in [4.78, 5) is 22.4. The number of carbonyl (C=O) groups excluding carboxylic acids is 2. The fourth-order valence-electron chi connectivity index (χ4n) is 2.14. The molecular weight excluding hydrogens is 354 g/mol. The predicted molar refractivity (Wildman–Crippen MR) is 101 cm³/mol. The van der Waals surface area contributed by atoms with Crippen LogP contribution < -0.4 is 15.9 Å². The van der Waals surface area contributed by atoms with Gasteiger partial charge >= 0.3 is 0 Å². The Morgan fingerprint density at radius 1 is 1.12 bits per heavy atom. The van der Waals surface area contributed by atoms with E-state index in [1.54, 1.807) is 24.3 Å². The number of benzene rings is 2. The van der Waals surface area contributed by atoms with Crippen LogP contribution in [-0.4, -0.2) is 24.6 Å². The second kappa shape index (κ2) is 10.2. The lowest BCUT2D eigenvalue weighted by molar-refractivity contribution is -0.121. The Kier molecular flexibility index (Phi) is 7.64. The highest BCUT2D eigenvalue weighted by molar-refractivity contribution is 6.30. The third kappa shape index (κ3) is 7.36. The van der Waals surface area contributed by atoms with E-state index >= 15 is 0 Å². The lowest BCUT2D eigenvalue weighted by atomic mass is 10.1. The van der Waals surface area contributed by atoms with Gasteiger partial charge in [-0.05, 0) is 60.4 Å². The molecule has 0 atom stereocenters. The van der Waals surface area contributed by atoms with Crippen molar-refractivity contribution in [3.05, 3.63) is 64.7 Å². The van der Waals surface area contributed by atoms with E-state index in [2.05, 4.69) is 10.5 Å². The fourth-order valence-corrected chi connectivity index (χ4v) is 2.27. The number of aryl methyl sites for hydroxylation is 1. The summed E-state index contributed by atoms with van der Waals surface area (Å²) in [6.45, 7) is -0.167. The number of nitrogens with one attached hydrogen (secondary N) is 1. The van der Waals surface area contributed by atoms with E-state index in [4.69, 9.17) is 22.1 Å². The molecule has 2 aromatic rings. The number of nitrogens with two attached hydrogens (primary N) is 1. The van der Waals surface area contributed by atoms with Gasteiger partial charge in [0.05, 0.1) is 6.21 Å². The molecule has 7 heteroatoms. The van der Waals surface area contributed by atoms with Gasteiger partial charge in [0, 0.05) is 11.4 Å². The maximum Gasteiger partial charge on any atom is 0.255 e. The van der Waals surface area contributed by atoms with E-state index < -0.39 is 5.91 Å². The molecule has 2 amide bonds. The monoisotopic (exact) mass is 373 g/mol. The first-order valence-corrected chi connectivity index (χ1v) is 8.48. The summed E-state index contributed by atoms with van der Waals surface area (Å²) in [6, 6.07) is 14.5. The summed E-state index contributed by atoms with van der Waals surface area (Å²) in [5.41, 5.74) is 9.44. The van der Waals surface area contributed by atoms with Crippen molar-refractivity contribution in [2.24, 2.45) is 10.8 Å². The van der Waals surface area contributed by atoms with E-state index in [0.29, 0.717) is 17.2 Å². The number of hydrogen-bond acceptors (Lipinski definition) is 4. The van der Waals surface area contributed by atoms with Crippen molar-refractivity contribution in [2.75, 3.05) is 6.61 Å². The lowest BCUT2D eigenvalue weighted by Crippen LogP contribution is -2.20. The summed E-state index contributed by atoms with van der Waals surface area (Å²) < 4.78 is 5.16. The van der Waals surface area contributed by atoms with Gasteiger partial charge in [-0.2, -0.15) is 5.10 Å². The van der Waals surface area contributed by atoms with E-state index in [9.17, 15) is 9.59 Å². The zero-order valence-corrected chi connectivity index (χ0v) is 14.9. The van der Waals surface area contributed by atoms with E-state index in [1.807, 2.05) is 24.3 Å². The van der Waals surface area contributed by atoms with Crippen LogP contribution in [0.5, 0.6) is 5.75 Å². The molecule has 0 spiro atoms. The second-order valence-corrected chi connectivity index (χ2v) is 6.03. The molecule has 0 aliphatic heterocycles. The van der Waals surface area contributed by atoms with Crippen molar-refractivity contribution in [3.8, 4) is 5.75 Å². The van der Waals surface area contributed by atoms with Crippen molar-refractivity contribution >= 4 is 29.6 Å². The van der Waals surface area contributed by atoms with Crippen LogP contribution in [0.15, 0.2) is 53.6 Å². The summed E-state index contributed by atoms with van der Waals surface area (Å²) in [6.07, 6.45) is 3.46. The van der Waals surface area contributed by atoms with E-state index in [0.717, 1.165) is 24.0 Å². The number of halogens is 1. The van der Waals surface area contributed by atoms with Crippen molar-refractivity contribution in [3.63, 3.8) is 0 Å². The molecule has 2 rings (SSSR count). The molecule has 0 aliphatic rings. The van der Waals surface area contributed by atoms with Crippen LogP contribution in [-0.2, 0) is 16.0 Å². The SMILES string of the molecule is NC(=O)COc1ccc(C=NNC(=O)CCCc2ccc(Cl)cc2)cc1. The van der Waals surface area contributed by atoms with Gasteiger partial charge in [0.25, 0.3) is 5.91 Å². The van der Waals surface area contributed by atoms with Crippen molar-refractivity contribution in [1.82, 2.24) is 5.43 Å². The molecule has 0 aliphatic carbocycles. The number of hydrogen-bond donors (Lipinski definition) is 2. The Balaban J connectivity index is 1.69. The molecule has 0 fully saturated rings. The molecule has 0 aromatic heterocycles. The molecule has 0 unspecified atom stereocenters. The zero-order valence-electron chi connectivity index (χ0n) is 14.2. The molecule has 0 saturated heterocycles. The average molecular weight is 374 g/mol. The van der Waals surface area contributed by atoms with Crippen LogP contribution in [0.25, 0.3) is 0 Å². The van der Waals surface area contributed by atoms with E-state index in [-0.39, 0.29) is 12.5 Å². The summed E-state index contributed by atoms with van der Waals surface area (Å²) in [7, 11) is 0. The molecule has 136 valence electrons. The molecule has 3 N–H and O–H groups in total. The first-order valence-electron chi connectivity index (χ1n) is 8.10. The van der Waals surface area contributed by atoms with Gasteiger partial charge in [0.2, 0.25) is 5.91 Å². The van der Waals surface area contributed by atoms with Crippen LogP contribution in [0.3, 0.4) is 0 Å². The largest absolute Gasteiger partial charge is 0.484 e. The van der Waals surface area contributed by atoms with Gasteiger partial charge < -0.3 is 10.5 Å². The Hall–Kier alpha value is -2.86.